The van der Waals surface area contributed by atoms with Crippen molar-refractivity contribution in [3.05, 3.63) is 205 Å². The van der Waals surface area contributed by atoms with Gasteiger partial charge in [0.1, 0.15) is 0 Å². The van der Waals surface area contributed by atoms with Gasteiger partial charge in [-0.15, -0.1) is 0 Å². The summed E-state index contributed by atoms with van der Waals surface area (Å²) in [5, 5.41) is 10.3. The second-order valence-corrected chi connectivity index (χ2v) is 14.0. The topological polar surface area (TPSA) is 0 Å². The van der Waals surface area contributed by atoms with Gasteiger partial charge in [0.15, 0.2) is 0 Å². The molecule has 0 unspecified atom stereocenters. The minimum absolute atomic E-state index is 1.01. The van der Waals surface area contributed by atoms with E-state index in [-0.39, 0.29) is 0 Å². The summed E-state index contributed by atoms with van der Waals surface area (Å²) >= 11 is 0. The quantitative estimate of drug-likeness (QED) is 0.161. The van der Waals surface area contributed by atoms with Crippen molar-refractivity contribution >= 4 is 54.2 Å². The van der Waals surface area contributed by atoms with Crippen molar-refractivity contribution in [1.29, 1.82) is 0 Å². The number of hydrogen-bond donors (Lipinski definition) is 0. The van der Waals surface area contributed by atoms with Gasteiger partial charge >= 0.3 is 0 Å². The van der Waals surface area contributed by atoms with Gasteiger partial charge < -0.3 is 0 Å². The molecule has 52 heavy (non-hydrogen) atoms. The highest BCUT2D eigenvalue weighted by atomic mass is 14.2. The van der Waals surface area contributed by atoms with Crippen LogP contribution in [0.25, 0.3) is 87.6 Å². The molecule has 0 saturated heterocycles. The highest BCUT2D eigenvalue weighted by Crippen LogP contribution is 2.46. The van der Waals surface area contributed by atoms with Crippen LogP contribution in [-0.2, 0) is 0 Å². The lowest BCUT2D eigenvalue weighted by Crippen LogP contribution is -1.98. The molecule has 0 aliphatic heterocycles. The molecular weight excluding hydrogens is 625 g/mol. The minimum Gasteiger partial charge on any atom is -0.0763 e. The van der Waals surface area contributed by atoms with Crippen LogP contribution in [0.1, 0.15) is 24.0 Å². The summed E-state index contributed by atoms with van der Waals surface area (Å²) in [5.41, 5.74) is 12.8. The maximum absolute atomic E-state index is 2.47. The van der Waals surface area contributed by atoms with E-state index in [9.17, 15) is 0 Å². The minimum atomic E-state index is 1.01. The van der Waals surface area contributed by atoms with E-state index < -0.39 is 0 Å². The molecule has 0 N–H and O–H groups in total. The Kier molecular flexibility index (Phi) is 7.40. The Morgan fingerprint density at radius 2 is 0.923 bits per heavy atom. The molecule has 0 spiro atoms. The Balaban J connectivity index is 1.22. The average Bonchev–Trinajstić information content (AvgIpc) is 3.22. The third kappa shape index (κ3) is 5.24. The van der Waals surface area contributed by atoms with Crippen molar-refractivity contribution in [3.63, 3.8) is 0 Å². The summed E-state index contributed by atoms with van der Waals surface area (Å²) in [6, 6.07) is 67.0. The maximum atomic E-state index is 2.47. The molecule has 9 aromatic carbocycles. The number of allylic oxidation sites excluding steroid dienone is 4. The molecule has 1 aliphatic rings. The van der Waals surface area contributed by atoms with Crippen LogP contribution in [-0.4, -0.2) is 0 Å². The van der Waals surface area contributed by atoms with Crippen LogP contribution in [0, 0.1) is 0 Å². The molecule has 9 aromatic rings. The zero-order valence-corrected chi connectivity index (χ0v) is 28.9. The fourth-order valence-corrected chi connectivity index (χ4v) is 8.43. The first kappa shape index (κ1) is 30.3. The van der Waals surface area contributed by atoms with Gasteiger partial charge in [-0.05, 0) is 130 Å². The average molecular weight is 661 g/mol. The van der Waals surface area contributed by atoms with Gasteiger partial charge in [0.05, 0.1) is 0 Å². The molecule has 0 atom stereocenters. The van der Waals surface area contributed by atoms with Crippen LogP contribution >= 0.6 is 0 Å². The molecule has 0 radical (unpaired) electrons. The van der Waals surface area contributed by atoms with Crippen molar-refractivity contribution in [2.24, 2.45) is 0 Å². The normalized spacial score (nSPS) is 13.1. The molecule has 0 heteroatoms. The Morgan fingerprint density at radius 3 is 1.79 bits per heavy atom. The molecule has 0 amide bonds. The molecule has 1 aliphatic carbocycles. The molecule has 0 bridgehead atoms. The number of hydrogen-bond acceptors (Lipinski definition) is 0. The summed E-state index contributed by atoms with van der Waals surface area (Å²) in [5.74, 6) is 0. The molecule has 10 rings (SSSR count). The molecular formula is C52H36. The van der Waals surface area contributed by atoms with Gasteiger partial charge in [0.2, 0.25) is 0 Å². The van der Waals surface area contributed by atoms with Gasteiger partial charge in [-0.25, -0.2) is 0 Å². The van der Waals surface area contributed by atoms with Gasteiger partial charge in [-0.3, -0.25) is 0 Å². The number of rotatable bonds is 5. The van der Waals surface area contributed by atoms with Gasteiger partial charge in [0.25, 0.3) is 0 Å². The van der Waals surface area contributed by atoms with Crippen LogP contribution in [0.5, 0.6) is 0 Å². The fraction of sp³-hybridized carbons (Fsp3) is 0.0385. The van der Waals surface area contributed by atoms with Crippen molar-refractivity contribution < 1.29 is 0 Å². The lowest BCUT2D eigenvalue weighted by molar-refractivity contribution is 1.06. The first-order valence-electron chi connectivity index (χ1n) is 18.3. The molecule has 0 aromatic heterocycles. The summed E-state index contributed by atoms with van der Waals surface area (Å²) in [4.78, 5) is 0. The summed E-state index contributed by atoms with van der Waals surface area (Å²) in [6.45, 7) is 0. The van der Waals surface area contributed by atoms with Gasteiger partial charge in [-0.1, -0.05) is 176 Å². The van der Waals surface area contributed by atoms with E-state index in [1.54, 1.807) is 0 Å². The Hall–Kier alpha value is -6.50. The Bertz CT molecular complexity index is 2880. The predicted molar refractivity (Wildman–Crippen MR) is 224 cm³/mol. The van der Waals surface area contributed by atoms with E-state index in [0.717, 1.165) is 12.8 Å². The highest BCUT2D eigenvalue weighted by Gasteiger charge is 2.20. The van der Waals surface area contributed by atoms with Crippen LogP contribution in [0.4, 0.5) is 0 Å². The zero-order chi connectivity index (χ0) is 34.4. The van der Waals surface area contributed by atoms with E-state index >= 15 is 0 Å². The first-order valence-corrected chi connectivity index (χ1v) is 18.3. The van der Waals surface area contributed by atoms with Crippen molar-refractivity contribution in [2.45, 2.75) is 12.8 Å². The van der Waals surface area contributed by atoms with Crippen LogP contribution in [0.3, 0.4) is 0 Å². The summed E-state index contributed by atoms with van der Waals surface area (Å²) < 4.78 is 0. The van der Waals surface area contributed by atoms with Crippen molar-refractivity contribution in [3.8, 4) is 33.4 Å². The molecule has 244 valence electrons. The van der Waals surface area contributed by atoms with Crippen molar-refractivity contribution in [1.82, 2.24) is 0 Å². The predicted octanol–water partition coefficient (Wildman–Crippen LogP) is 14.6. The first-order chi connectivity index (χ1) is 25.8. The SMILES string of the molecule is C1=C(c2cccc3ccccc23)CCC=C1c1c2ccccc2c(-c2cccc(-c3ccc4ccccc4c3)c2)c2ccc(-c3ccccc3)cc12. The van der Waals surface area contributed by atoms with Crippen molar-refractivity contribution in [2.75, 3.05) is 0 Å². The lowest BCUT2D eigenvalue weighted by Gasteiger charge is -2.22. The number of fused-ring (bicyclic) bond motifs is 4. The van der Waals surface area contributed by atoms with Crippen LogP contribution < -0.4 is 0 Å². The maximum Gasteiger partial charge on any atom is -0.00261 e. The molecule has 0 nitrogen and oxygen atoms in total. The van der Waals surface area contributed by atoms with E-state index in [2.05, 4.69) is 194 Å². The van der Waals surface area contributed by atoms with E-state index in [1.807, 2.05) is 0 Å². The molecule has 0 heterocycles. The Labute approximate surface area is 304 Å². The van der Waals surface area contributed by atoms with Gasteiger partial charge in [0, 0.05) is 0 Å². The fourth-order valence-electron chi connectivity index (χ4n) is 8.43. The summed E-state index contributed by atoms with van der Waals surface area (Å²) in [7, 11) is 0. The smallest absolute Gasteiger partial charge is 0.00261 e. The molecule has 0 saturated carbocycles. The van der Waals surface area contributed by atoms with E-state index in [4.69, 9.17) is 0 Å². The lowest BCUT2D eigenvalue weighted by atomic mass is 9.81. The van der Waals surface area contributed by atoms with Crippen LogP contribution in [0.2, 0.25) is 0 Å². The second kappa shape index (κ2) is 12.7. The highest BCUT2D eigenvalue weighted by molar-refractivity contribution is 6.20. The summed E-state index contributed by atoms with van der Waals surface area (Å²) in [6.07, 6.45) is 6.98. The standard InChI is InChI=1S/C52H36/c1-2-13-35(14-3-1)41-29-30-49-50(34-41)52(44-22-11-20-42(33-44)46-26-12-18-37-16-6-7-23-45(37)46)48-25-9-8-24-47(48)51(49)43-21-10-19-39(32-43)40-28-27-36-15-4-5-17-38(36)31-40/h1-10,12-19,21-34H,11,20H2. The van der Waals surface area contributed by atoms with E-state index in [1.165, 1.54) is 98.7 Å². The zero-order valence-electron chi connectivity index (χ0n) is 28.9. The molecule has 0 fully saturated rings. The largest absolute Gasteiger partial charge is 0.0763 e. The number of benzene rings is 9. The van der Waals surface area contributed by atoms with Gasteiger partial charge in [-0.2, -0.15) is 0 Å². The monoisotopic (exact) mass is 660 g/mol. The van der Waals surface area contributed by atoms with E-state index in [0.29, 0.717) is 0 Å². The third-order valence-corrected chi connectivity index (χ3v) is 10.9. The third-order valence-electron chi connectivity index (χ3n) is 10.9. The van der Waals surface area contributed by atoms with Crippen LogP contribution in [0.15, 0.2) is 194 Å². The second-order valence-electron chi connectivity index (χ2n) is 14.0. The Morgan fingerprint density at radius 1 is 0.327 bits per heavy atom.